The summed E-state index contributed by atoms with van der Waals surface area (Å²) < 4.78 is 0. The van der Waals surface area contributed by atoms with Gasteiger partial charge in [0, 0.05) is 5.92 Å². The molecular weight excluding hydrogens is 256 g/mol. The molecular formula is C15H26N2O3. The Bertz CT molecular complexity index is 364. The monoisotopic (exact) mass is 282 g/mol. The van der Waals surface area contributed by atoms with Gasteiger partial charge in [-0.15, -0.1) is 0 Å². The molecule has 2 saturated carbocycles. The van der Waals surface area contributed by atoms with E-state index in [1.165, 1.54) is 0 Å². The van der Waals surface area contributed by atoms with Crippen LogP contribution in [0.1, 0.15) is 57.8 Å². The number of rotatable bonds is 5. The minimum Gasteiger partial charge on any atom is -0.481 e. The second kappa shape index (κ2) is 6.57. The van der Waals surface area contributed by atoms with Crippen LogP contribution in [-0.2, 0) is 9.59 Å². The fourth-order valence-electron chi connectivity index (χ4n) is 3.88. The zero-order valence-electron chi connectivity index (χ0n) is 12.1. The first kappa shape index (κ1) is 15.3. The van der Waals surface area contributed by atoms with Crippen LogP contribution in [0, 0.1) is 11.8 Å². The normalized spacial score (nSPS) is 29.1. The first-order valence-electron chi connectivity index (χ1n) is 7.80. The van der Waals surface area contributed by atoms with Gasteiger partial charge < -0.3 is 16.2 Å². The van der Waals surface area contributed by atoms with Crippen molar-refractivity contribution in [3.8, 4) is 0 Å². The van der Waals surface area contributed by atoms with Gasteiger partial charge in [0.2, 0.25) is 5.91 Å². The quantitative estimate of drug-likeness (QED) is 0.715. The third kappa shape index (κ3) is 3.51. The van der Waals surface area contributed by atoms with E-state index < -0.39 is 11.5 Å². The van der Waals surface area contributed by atoms with E-state index in [-0.39, 0.29) is 24.2 Å². The van der Waals surface area contributed by atoms with E-state index in [1.807, 2.05) is 0 Å². The Labute approximate surface area is 120 Å². The highest BCUT2D eigenvalue weighted by Gasteiger charge is 2.40. The van der Waals surface area contributed by atoms with Gasteiger partial charge in [-0.05, 0) is 38.1 Å². The van der Waals surface area contributed by atoms with E-state index in [0.29, 0.717) is 6.54 Å². The number of aliphatic carboxylic acids is 1. The van der Waals surface area contributed by atoms with Gasteiger partial charge in [-0.25, -0.2) is 0 Å². The summed E-state index contributed by atoms with van der Waals surface area (Å²) in [6.07, 6.45) is 7.72. The Balaban J connectivity index is 2.02. The lowest BCUT2D eigenvalue weighted by molar-refractivity contribution is -0.139. The molecule has 1 amide bonds. The van der Waals surface area contributed by atoms with Crippen molar-refractivity contribution in [1.82, 2.24) is 5.32 Å². The molecule has 4 N–H and O–H groups in total. The largest absolute Gasteiger partial charge is 0.481 e. The van der Waals surface area contributed by atoms with Gasteiger partial charge in [0.05, 0.1) is 12.0 Å². The zero-order chi connectivity index (χ0) is 14.6. The van der Waals surface area contributed by atoms with Crippen LogP contribution in [0.5, 0.6) is 0 Å². The third-order valence-corrected chi connectivity index (χ3v) is 4.99. The maximum Gasteiger partial charge on any atom is 0.305 e. The van der Waals surface area contributed by atoms with Crippen LogP contribution in [0.25, 0.3) is 0 Å². The molecule has 0 aromatic rings. The highest BCUT2D eigenvalue weighted by atomic mass is 16.4. The number of amides is 1. The highest BCUT2D eigenvalue weighted by molar-refractivity contribution is 5.81. The molecule has 0 aliphatic heterocycles. The second-order valence-electron chi connectivity index (χ2n) is 6.43. The van der Waals surface area contributed by atoms with Gasteiger partial charge in [-0.2, -0.15) is 0 Å². The molecule has 2 aliphatic carbocycles. The lowest BCUT2D eigenvalue weighted by Gasteiger charge is -2.35. The van der Waals surface area contributed by atoms with Crippen molar-refractivity contribution in [2.45, 2.75) is 63.3 Å². The molecule has 5 nitrogen and oxygen atoms in total. The Morgan fingerprint density at radius 2 is 1.80 bits per heavy atom. The highest BCUT2D eigenvalue weighted by Crippen LogP contribution is 2.35. The van der Waals surface area contributed by atoms with Crippen LogP contribution in [0.2, 0.25) is 0 Å². The van der Waals surface area contributed by atoms with Crippen LogP contribution in [-0.4, -0.2) is 29.1 Å². The molecule has 114 valence electrons. The van der Waals surface area contributed by atoms with E-state index in [9.17, 15) is 9.59 Å². The molecule has 20 heavy (non-hydrogen) atoms. The average Bonchev–Trinajstić information content (AvgIpc) is 2.85. The summed E-state index contributed by atoms with van der Waals surface area (Å²) >= 11 is 0. The summed E-state index contributed by atoms with van der Waals surface area (Å²) in [5.74, 6) is -0.568. The molecule has 0 heterocycles. The third-order valence-electron chi connectivity index (χ3n) is 4.99. The average molecular weight is 282 g/mol. The molecule has 2 fully saturated rings. The summed E-state index contributed by atoms with van der Waals surface area (Å²) in [7, 11) is 0. The van der Waals surface area contributed by atoms with Crippen LogP contribution in [0.4, 0.5) is 0 Å². The van der Waals surface area contributed by atoms with Crippen molar-refractivity contribution in [3.63, 3.8) is 0 Å². The maximum atomic E-state index is 12.6. The lowest BCUT2D eigenvalue weighted by Crippen LogP contribution is -2.51. The Kier molecular flexibility index (Phi) is 5.02. The fourth-order valence-corrected chi connectivity index (χ4v) is 3.88. The fraction of sp³-hybridized carbons (Fsp3) is 0.867. The Hall–Kier alpha value is -1.10. The summed E-state index contributed by atoms with van der Waals surface area (Å²) in [5, 5.41) is 12.2. The van der Waals surface area contributed by atoms with Gasteiger partial charge >= 0.3 is 5.97 Å². The van der Waals surface area contributed by atoms with Gasteiger partial charge in [0.25, 0.3) is 0 Å². The minimum absolute atomic E-state index is 0.0278. The number of carbonyl (C=O) groups excluding carboxylic acids is 1. The van der Waals surface area contributed by atoms with Gasteiger partial charge in [0.1, 0.15) is 0 Å². The van der Waals surface area contributed by atoms with E-state index in [4.69, 9.17) is 10.8 Å². The molecule has 5 heteroatoms. The van der Waals surface area contributed by atoms with Gasteiger partial charge in [-0.1, -0.05) is 25.7 Å². The predicted molar refractivity (Wildman–Crippen MR) is 76.1 cm³/mol. The lowest BCUT2D eigenvalue weighted by atomic mass is 9.78. The van der Waals surface area contributed by atoms with E-state index >= 15 is 0 Å². The molecule has 0 bridgehead atoms. The van der Waals surface area contributed by atoms with Crippen LogP contribution in [0.3, 0.4) is 0 Å². The molecule has 2 aliphatic rings. The van der Waals surface area contributed by atoms with Gasteiger partial charge in [0.15, 0.2) is 0 Å². The van der Waals surface area contributed by atoms with Crippen molar-refractivity contribution in [1.29, 1.82) is 0 Å². The van der Waals surface area contributed by atoms with Crippen molar-refractivity contribution in [2.24, 2.45) is 17.6 Å². The molecule has 2 rings (SSSR count). The summed E-state index contributed by atoms with van der Waals surface area (Å²) in [5.41, 5.74) is 5.26. The van der Waals surface area contributed by atoms with Gasteiger partial charge in [-0.3, -0.25) is 9.59 Å². The molecule has 0 aromatic heterocycles. The Morgan fingerprint density at radius 3 is 2.40 bits per heavy atom. The molecule has 0 radical (unpaired) electrons. The van der Waals surface area contributed by atoms with Crippen LogP contribution < -0.4 is 11.1 Å². The first-order chi connectivity index (χ1) is 9.56. The summed E-state index contributed by atoms with van der Waals surface area (Å²) in [6, 6.07) is 0. The smallest absolute Gasteiger partial charge is 0.305 e. The number of carboxylic acids is 1. The first-order valence-corrected chi connectivity index (χ1v) is 7.80. The van der Waals surface area contributed by atoms with Crippen molar-refractivity contribution < 1.29 is 14.7 Å². The molecule has 2 unspecified atom stereocenters. The number of carbonyl (C=O) groups is 2. The SMILES string of the molecule is NCC1CCCCC1C(=O)NC1(CC(=O)O)CCCC1. The molecule has 0 saturated heterocycles. The number of carboxylic acid groups (broad SMARTS) is 1. The van der Waals surface area contributed by atoms with E-state index in [1.54, 1.807) is 0 Å². The molecule has 0 spiro atoms. The minimum atomic E-state index is -0.828. The molecule has 2 atom stereocenters. The van der Waals surface area contributed by atoms with Crippen LogP contribution in [0.15, 0.2) is 0 Å². The van der Waals surface area contributed by atoms with Crippen molar-refractivity contribution in [2.75, 3.05) is 6.54 Å². The van der Waals surface area contributed by atoms with E-state index in [0.717, 1.165) is 51.4 Å². The maximum absolute atomic E-state index is 12.6. The number of nitrogens with one attached hydrogen (secondary N) is 1. The van der Waals surface area contributed by atoms with E-state index in [2.05, 4.69) is 5.32 Å². The van der Waals surface area contributed by atoms with Crippen LogP contribution >= 0.6 is 0 Å². The zero-order valence-corrected chi connectivity index (χ0v) is 12.1. The van der Waals surface area contributed by atoms with Crippen molar-refractivity contribution >= 4 is 11.9 Å². The predicted octanol–water partition coefficient (Wildman–Crippen LogP) is 1.66. The topological polar surface area (TPSA) is 92.4 Å². The second-order valence-corrected chi connectivity index (χ2v) is 6.43. The number of hydrogen-bond acceptors (Lipinski definition) is 3. The molecule has 0 aromatic carbocycles. The number of hydrogen-bond donors (Lipinski definition) is 3. The standard InChI is InChI=1S/C15H26N2O3/c16-10-11-5-1-2-6-12(11)14(20)17-15(9-13(18)19)7-3-4-8-15/h11-12H,1-10,16H2,(H,17,20)(H,18,19). The Morgan fingerprint density at radius 1 is 1.15 bits per heavy atom. The summed E-state index contributed by atoms with van der Waals surface area (Å²) in [4.78, 5) is 23.6. The summed E-state index contributed by atoms with van der Waals surface area (Å²) in [6.45, 7) is 0.546. The van der Waals surface area contributed by atoms with Crippen molar-refractivity contribution in [3.05, 3.63) is 0 Å². The number of nitrogens with two attached hydrogens (primary N) is 1.